The summed E-state index contributed by atoms with van der Waals surface area (Å²) in [6.45, 7) is 1.09. The minimum absolute atomic E-state index is 0.119. The summed E-state index contributed by atoms with van der Waals surface area (Å²) in [4.78, 5) is 24.9. The van der Waals surface area contributed by atoms with Crippen molar-refractivity contribution >= 4 is 11.5 Å². The standard InChI is InChI=1S/C40H43NO5/c1-44-40-17-16-38(22-31(40)24-45-23-27-7-5-6-26(18-27)20-34(42)28-8-3-2-4-9-28)32-21-30-12-13-33(41-43)36-35(30)39(38,37(40)46-36)15-14-29(32)19-25-10-11-25/h2-9,12-13,18,25,29,31-32,37H,10-11,14-17,19-24H2,1H3. The third-order valence-electron chi connectivity index (χ3n) is 13.4. The molecule has 0 amide bonds. The molecule has 46 heavy (non-hydrogen) atoms. The summed E-state index contributed by atoms with van der Waals surface area (Å²) in [5.74, 6) is 3.34. The predicted octanol–water partition coefficient (Wildman–Crippen LogP) is 8.29. The van der Waals surface area contributed by atoms with Crippen LogP contribution in [0.15, 0.2) is 71.9 Å². The average Bonchev–Trinajstić information content (AvgIpc) is 3.83. The normalized spacial score (nSPS) is 34.5. The number of rotatable bonds is 11. The fraction of sp³-hybridized carbons (Fsp3) is 0.525. The van der Waals surface area contributed by atoms with Crippen LogP contribution in [0.1, 0.15) is 84.0 Å². The van der Waals surface area contributed by atoms with Crippen molar-refractivity contribution in [2.75, 3.05) is 13.7 Å². The monoisotopic (exact) mass is 617 g/mol. The fourth-order valence-corrected chi connectivity index (χ4v) is 11.5. The van der Waals surface area contributed by atoms with Crippen LogP contribution in [0.25, 0.3) is 0 Å². The second-order valence-corrected chi connectivity index (χ2v) is 15.3. The summed E-state index contributed by atoms with van der Waals surface area (Å²) in [6.07, 6.45) is 11.0. The molecule has 5 saturated carbocycles. The topological polar surface area (TPSA) is 74.2 Å². The number of ketones is 1. The molecule has 0 aromatic heterocycles. The van der Waals surface area contributed by atoms with E-state index in [2.05, 4.69) is 23.4 Å². The van der Waals surface area contributed by atoms with E-state index in [0.717, 1.165) is 66.4 Å². The summed E-state index contributed by atoms with van der Waals surface area (Å²) < 4.78 is 20.3. The fourth-order valence-electron chi connectivity index (χ4n) is 11.5. The first-order chi connectivity index (χ1) is 22.5. The molecule has 2 spiro atoms. The maximum absolute atomic E-state index is 12.9. The number of nitroso groups, excluding NO2 is 1. The van der Waals surface area contributed by atoms with E-state index in [4.69, 9.17) is 14.2 Å². The molecule has 7 unspecified atom stereocenters. The Labute approximate surface area is 271 Å². The molecular formula is C40H43NO5. The van der Waals surface area contributed by atoms with E-state index in [1.165, 1.54) is 36.8 Å². The van der Waals surface area contributed by atoms with Crippen molar-refractivity contribution in [1.29, 1.82) is 0 Å². The van der Waals surface area contributed by atoms with Gasteiger partial charge in [-0.15, -0.1) is 4.91 Å². The SMILES string of the molecule is COC12CCC3(CC1COCc1cccc(CC(=O)c4ccccc4)c1)C1Cc4ccc(N=O)c5c4C3(CCC1CC1CC1)C2O5. The first kappa shape index (κ1) is 28.8. The van der Waals surface area contributed by atoms with Crippen LogP contribution in [-0.4, -0.2) is 31.2 Å². The van der Waals surface area contributed by atoms with Crippen molar-refractivity contribution in [1.82, 2.24) is 0 Å². The molecule has 3 aromatic carbocycles. The number of benzene rings is 3. The Hall–Kier alpha value is -3.35. The number of ether oxygens (including phenoxy) is 3. The molecular weight excluding hydrogens is 574 g/mol. The second-order valence-electron chi connectivity index (χ2n) is 15.3. The highest BCUT2D eigenvalue weighted by molar-refractivity contribution is 5.97. The van der Waals surface area contributed by atoms with Gasteiger partial charge in [0.25, 0.3) is 0 Å². The lowest BCUT2D eigenvalue weighted by atomic mass is 9.31. The van der Waals surface area contributed by atoms with Gasteiger partial charge in [0.2, 0.25) is 0 Å². The molecule has 10 rings (SSSR count). The zero-order valence-electron chi connectivity index (χ0n) is 26.7. The molecule has 238 valence electrons. The Bertz CT molecular complexity index is 1700. The molecule has 6 heteroatoms. The molecule has 7 aliphatic rings. The van der Waals surface area contributed by atoms with Crippen LogP contribution in [-0.2, 0) is 34.3 Å². The quantitative estimate of drug-likeness (QED) is 0.160. The van der Waals surface area contributed by atoms with Crippen LogP contribution in [0.3, 0.4) is 0 Å². The third kappa shape index (κ3) is 3.98. The van der Waals surface area contributed by atoms with Crippen molar-refractivity contribution < 1.29 is 19.0 Å². The number of carbonyl (C=O) groups is 1. The van der Waals surface area contributed by atoms with Gasteiger partial charge in [-0.05, 0) is 96.0 Å². The van der Waals surface area contributed by atoms with Gasteiger partial charge in [-0.2, -0.15) is 0 Å². The van der Waals surface area contributed by atoms with Gasteiger partial charge >= 0.3 is 0 Å². The van der Waals surface area contributed by atoms with Gasteiger partial charge in [-0.3, -0.25) is 4.79 Å². The highest BCUT2D eigenvalue weighted by Gasteiger charge is 2.80. The molecule has 5 fully saturated rings. The van der Waals surface area contributed by atoms with Gasteiger partial charge in [0.15, 0.2) is 11.5 Å². The first-order valence-corrected chi connectivity index (χ1v) is 17.5. The van der Waals surface area contributed by atoms with Crippen LogP contribution in [0, 0.1) is 34.0 Å². The summed E-state index contributed by atoms with van der Waals surface area (Å²) in [7, 11) is 1.86. The lowest BCUT2D eigenvalue weighted by molar-refractivity contribution is -0.285. The van der Waals surface area contributed by atoms with Crippen molar-refractivity contribution in [3.8, 4) is 5.75 Å². The minimum atomic E-state index is -0.479. The van der Waals surface area contributed by atoms with E-state index in [0.29, 0.717) is 31.2 Å². The molecule has 1 aliphatic heterocycles. The van der Waals surface area contributed by atoms with Crippen LogP contribution in [0.2, 0.25) is 0 Å². The molecule has 4 bridgehead atoms. The Balaban J connectivity index is 1.00. The van der Waals surface area contributed by atoms with E-state index < -0.39 is 5.60 Å². The number of hydrogen-bond acceptors (Lipinski definition) is 6. The highest BCUT2D eigenvalue weighted by atomic mass is 16.6. The largest absolute Gasteiger partial charge is 0.484 e. The average molecular weight is 618 g/mol. The van der Waals surface area contributed by atoms with E-state index in [9.17, 15) is 9.70 Å². The van der Waals surface area contributed by atoms with Gasteiger partial charge in [0, 0.05) is 36.0 Å². The number of methoxy groups -OCH3 is 1. The molecule has 3 aromatic rings. The van der Waals surface area contributed by atoms with Crippen LogP contribution >= 0.6 is 0 Å². The number of Topliss-reactive ketones (excluding diaryl/α,β-unsaturated/α-hetero) is 1. The maximum Gasteiger partial charge on any atom is 0.167 e. The maximum atomic E-state index is 12.9. The summed E-state index contributed by atoms with van der Waals surface area (Å²) in [5, 5.41) is 3.45. The van der Waals surface area contributed by atoms with Crippen molar-refractivity contribution in [2.24, 2.45) is 34.3 Å². The Morgan fingerprint density at radius 1 is 0.978 bits per heavy atom. The molecule has 7 atom stereocenters. The number of nitrogens with zero attached hydrogens (tertiary/aromatic N) is 1. The lowest BCUT2D eigenvalue weighted by Crippen LogP contribution is -2.78. The van der Waals surface area contributed by atoms with Crippen LogP contribution < -0.4 is 4.74 Å². The smallest absolute Gasteiger partial charge is 0.167 e. The molecule has 1 heterocycles. The predicted molar refractivity (Wildman–Crippen MR) is 175 cm³/mol. The summed E-state index contributed by atoms with van der Waals surface area (Å²) in [6, 6.07) is 21.8. The van der Waals surface area contributed by atoms with Crippen LogP contribution in [0.4, 0.5) is 5.69 Å². The van der Waals surface area contributed by atoms with Gasteiger partial charge in [-0.25, -0.2) is 0 Å². The highest BCUT2D eigenvalue weighted by Crippen LogP contribution is 2.79. The molecule has 0 radical (unpaired) electrons. The molecule has 0 N–H and O–H groups in total. The summed E-state index contributed by atoms with van der Waals surface area (Å²) in [5.41, 5.74) is 5.49. The van der Waals surface area contributed by atoms with Gasteiger partial charge in [-0.1, -0.05) is 73.5 Å². The summed E-state index contributed by atoms with van der Waals surface area (Å²) >= 11 is 0. The van der Waals surface area contributed by atoms with Gasteiger partial charge < -0.3 is 14.2 Å². The zero-order chi connectivity index (χ0) is 31.1. The van der Waals surface area contributed by atoms with Crippen molar-refractivity contribution in [2.45, 2.75) is 87.9 Å². The van der Waals surface area contributed by atoms with Gasteiger partial charge in [0.05, 0.1) is 13.2 Å². The third-order valence-corrected chi connectivity index (χ3v) is 13.4. The lowest BCUT2D eigenvalue weighted by Gasteiger charge is -2.73. The molecule has 6 aliphatic carbocycles. The minimum Gasteiger partial charge on any atom is -0.484 e. The number of carbonyl (C=O) groups excluding carboxylic acids is 1. The van der Waals surface area contributed by atoms with Crippen molar-refractivity contribution in [3.05, 3.63) is 99.5 Å². The first-order valence-electron chi connectivity index (χ1n) is 17.5. The Morgan fingerprint density at radius 2 is 1.83 bits per heavy atom. The second kappa shape index (κ2) is 10.6. The number of fused-ring (bicyclic) bond motifs is 2. The van der Waals surface area contributed by atoms with E-state index in [1.54, 1.807) is 0 Å². The van der Waals surface area contributed by atoms with E-state index in [1.807, 2.05) is 55.6 Å². The van der Waals surface area contributed by atoms with Crippen molar-refractivity contribution in [3.63, 3.8) is 0 Å². The van der Waals surface area contributed by atoms with Crippen LogP contribution in [0.5, 0.6) is 5.75 Å². The Kier molecular flexibility index (Phi) is 6.63. The zero-order valence-corrected chi connectivity index (χ0v) is 26.7. The number of hydrogen-bond donors (Lipinski definition) is 0. The molecule has 6 nitrogen and oxygen atoms in total. The van der Waals surface area contributed by atoms with E-state index >= 15 is 0 Å². The molecule has 0 saturated heterocycles. The van der Waals surface area contributed by atoms with E-state index in [-0.39, 0.29) is 28.6 Å². The van der Waals surface area contributed by atoms with Gasteiger partial charge in [0.1, 0.15) is 17.4 Å². The Morgan fingerprint density at radius 3 is 2.63 bits per heavy atom.